The third kappa shape index (κ3) is 2.68. The summed E-state index contributed by atoms with van der Waals surface area (Å²) in [6, 6.07) is 1.48. The first-order valence-electron chi connectivity index (χ1n) is 7.80. The highest BCUT2D eigenvalue weighted by molar-refractivity contribution is 5.89. The molecule has 0 saturated carbocycles. The smallest absolute Gasteiger partial charge is 0.335 e. The lowest BCUT2D eigenvalue weighted by Gasteiger charge is -2.19. The maximum Gasteiger partial charge on any atom is 0.335 e. The third-order valence-electron chi connectivity index (χ3n) is 4.58. The van der Waals surface area contributed by atoms with Gasteiger partial charge in [0.15, 0.2) is 6.29 Å². The number of cyclic esters (lactones) is 1. The van der Waals surface area contributed by atoms with Gasteiger partial charge in [0.25, 0.3) is 0 Å². The zero-order valence-electron chi connectivity index (χ0n) is 13.4. The van der Waals surface area contributed by atoms with Crippen LogP contribution in [-0.4, -0.2) is 40.8 Å². The van der Waals surface area contributed by atoms with Crippen LogP contribution in [0.3, 0.4) is 0 Å². The second-order valence-electron chi connectivity index (χ2n) is 6.11. The molecule has 0 aliphatic carbocycles. The minimum absolute atomic E-state index is 0.0890. The van der Waals surface area contributed by atoms with E-state index in [-0.39, 0.29) is 35.9 Å². The normalized spacial score (nSPS) is 29.2. The highest BCUT2D eigenvalue weighted by Gasteiger charge is 2.43. The highest BCUT2D eigenvalue weighted by atomic mass is 16.6. The van der Waals surface area contributed by atoms with Gasteiger partial charge in [-0.15, -0.1) is 0 Å². The van der Waals surface area contributed by atoms with Crippen LogP contribution < -0.4 is 10.1 Å². The van der Waals surface area contributed by atoms with E-state index in [0.29, 0.717) is 12.7 Å². The maximum absolute atomic E-state index is 12.2. The van der Waals surface area contributed by atoms with Crippen molar-refractivity contribution >= 4 is 24.1 Å². The molecule has 4 atom stereocenters. The Morgan fingerprint density at radius 2 is 2.12 bits per heavy atom. The molecule has 8 heteroatoms. The van der Waals surface area contributed by atoms with E-state index in [9.17, 15) is 19.2 Å². The molecule has 2 aliphatic rings. The SMILES string of the molecule is C[C@H]1[C@H](C)OC(=O)[C@@H]1n1c(C=O)ccc1OC(=O)[C@@H]1CCC(=O)N1. The van der Waals surface area contributed by atoms with E-state index in [0.717, 1.165) is 0 Å². The zero-order chi connectivity index (χ0) is 17.4. The Bertz CT molecular complexity index is 709. The molecule has 24 heavy (non-hydrogen) atoms. The van der Waals surface area contributed by atoms with Gasteiger partial charge in [-0.2, -0.15) is 0 Å². The Kier molecular flexibility index (Phi) is 4.13. The Morgan fingerprint density at radius 1 is 1.38 bits per heavy atom. The van der Waals surface area contributed by atoms with E-state index < -0.39 is 24.0 Å². The van der Waals surface area contributed by atoms with Crippen LogP contribution in [0.5, 0.6) is 5.88 Å². The summed E-state index contributed by atoms with van der Waals surface area (Å²) in [6.45, 7) is 3.60. The summed E-state index contributed by atoms with van der Waals surface area (Å²) < 4.78 is 11.9. The largest absolute Gasteiger partial charge is 0.461 e. The number of nitrogens with one attached hydrogen (secondary N) is 1. The number of esters is 2. The predicted octanol–water partition coefficient (Wildman–Crippen LogP) is 0.607. The van der Waals surface area contributed by atoms with Gasteiger partial charge in [-0.3, -0.25) is 14.2 Å². The minimum atomic E-state index is -0.740. The average Bonchev–Trinajstić information content (AvgIpc) is 3.19. The van der Waals surface area contributed by atoms with Crippen molar-refractivity contribution in [2.24, 2.45) is 5.92 Å². The summed E-state index contributed by atoms with van der Waals surface area (Å²) in [6.07, 6.45) is 0.918. The lowest BCUT2D eigenvalue weighted by Crippen LogP contribution is -2.37. The summed E-state index contributed by atoms with van der Waals surface area (Å²) in [5.74, 6) is -1.40. The molecule has 2 saturated heterocycles. The Balaban J connectivity index is 1.88. The summed E-state index contributed by atoms with van der Waals surface area (Å²) in [5.41, 5.74) is 0.219. The van der Waals surface area contributed by atoms with Gasteiger partial charge in [-0.25, -0.2) is 9.59 Å². The maximum atomic E-state index is 12.2. The first-order chi connectivity index (χ1) is 11.4. The molecular formula is C16H18N2O6. The molecule has 0 aromatic carbocycles. The quantitative estimate of drug-likeness (QED) is 0.639. The molecule has 3 heterocycles. The van der Waals surface area contributed by atoms with E-state index in [2.05, 4.69) is 5.32 Å². The molecule has 1 amide bonds. The van der Waals surface area contributed by atoms with Gasteiger partial charge < -0.3 is 14.8 Å². The standard InChI is InChI=1S/C16H18N2O6/c1-8-9(2)23-16(22)14(8)18-10(7-19)3-6-13(18)24-15(21)11-4-5-12(20)17-11/h3,6-9,11,14H,4-5H2,1-2H3,(H,17,20)/t8-,9-,11-,14+/m0/s1. The van der Waals surface area contributed by atoms with Crippen molar-refractivity contribution in [1.82, 2.24) is 9.88 Å². The molecule has 2 aliphatic heterocycles. The van der Waals surface area contributed by atoms with E-state index in [1.165, 1.54) is 16.7 Å². The second kappa shape index (κ2) is 6.10. The monoisotopic (exact) mass is 334 g/mol. The first kappa shape index (κ1) is 16.2. The second-order valence-corrected chi connectivity index (χ2v) is 6.11. The molecule has 1 N–H and O–H groups in total. The van der Waals surface area contributed by atoms with Crippen molar-refractivity contribution in [1.29, 1.82) is 0 Å². The molecule has 0 spiro atoms. The number of aldehydes is 1. The average molecular weight is 334 g/mol. The van der Waals surface area contributed by atoms with Gasteiger partial charge >= 0.3 is 11.9 Å². The van der Waals surface area contributed by atoms with E-state index in [1.54, 1.807) is 6.92 Å². The number of hydrogen-bond donors (Lipinski definition) is 1. The van der Waals surface area contributed by atoms with Crippen LogP contribution >= 0.6 is 0 Å². The van der Waals surface area contributed by atoms with Crippen LogP contribution in [0.15, 0.2) is 12.1 Å². The van der Waals surface area contributed by atoms with Crippen molar-refractivity contribution in [2.75, 3.05) is 0 Å². The van der Waals surface area contributed by atoms with Gasteiger partial charge in [-0.05, 0) is 19.4 Å². The van der Waals surface area contributed by atoms with Gasteiger partial charge in [0.1, 0.15) is 18.2 Å². The van der Waals surface area contributed by atoms with Crippen molar-refractivity contribution in [3.05, 3.63) is 17.8 Å². The van der Waals surface area contributed by atoms with Crippen molar-refractivity contribution in [3.8, 4) is 5.88 Å². The number of amides is 1. The summed E-state index contributed by atoms with van der Waals surface area (Å²) >= 11 is 0. The lowest BCUT2D eigenvalue weighted by molar-refractivity contribution is -0.144. The van der Waals surface area contributed by atoms with Gasteiger partial charge in [-0.1, -0.05) is 6.92 Å². The van der Waals surface area contributed by atoms with Crippen LogP contribution in [0.1, 0.15) is 43.2 Å². The number of rotatable bonds is 4. The molecule has 0 unspecified atom stereocenters. The Morgan fingerprint density at radius 3 is 2.67 bits per heavy atom. The lowest BCUT2D eigenvalue weighted by atomic mass is 10.00. The minimum Gasteiger partial charge on any atom is -0.461 e. The number of aromatic nitrogens is 1. The number of hydrogen-bond acceptors (Lipinski definition) is 6. The fraction of sp³-hybridized carbons (Fsp3) is 0.500. The fourth-order valence-electron chi connectivity index (χ4n) is 3.06. The van der Waals surface area contributed by atoms with E-state index in [4.69, 9.17) is 9.47 Å². The summed E-state index contributed by atoms with van der Waals surface area (Å²) in [7, 11) is 0. The van der Waals surface area contributed by atoms with Crippen LogP contribution in [0.25, 0.3) is 0 Å². The molecule has 3 rings (SSSR count). The highest BCUT2D eigenvalue weighted by Crippen LogP contribution is 2.36. The number of nitrogens with zero attached hydrogens (tertiary/aromatic N) is 1. The molecule has 8 nitrogen and oxygen atoms in total. The molecule has 1 aromatic heterocycles. The van der Waals surface area contributed by atoms with Crippen molar-refractivity contribution < 1.29 is 28.7 Å². The number of carbonyl (C=O) groups is 4. The van der Waals surface area contributed by atoms with Crippen LogP contribution in [0, 0.1) is 5.92 Å². The van der Waals surface area contributed by atoms with Crippen LogP contribution in [-0.2, 0) is 19.1 Å². The topological polar surface area (TPSA) is 104 Å². The molecule has 128 valence electrons. The molecular weight excluding hydrogens is 316 g/mol. The molecule has 0 bridgehead atoms. The molecule has 2 fully saturated rings. The van der Waals surface area contributed by atoms with Crippen molar-refractivity contribution in [3.63, 3.8) is 0 Å². The van der Waals surface area contributed by atoms with Gasteiger partial charge in [0.2, 0.25) is 11.8 Å². The van der Waals surface area contributed by atoms with Crippen LogP contribution in [0.4, 0.5) is 0 Å². The Hall–Kier alpha value is -2.64. The summed E-state index contributed by atoms with van der Waals surface area (Å²) in [4.78, 5) is 46.9. The molecule has 0 radical (unpaired) electrons. The van der Waals surface area contributed by atoms with Crippen molar-refractivity contribution in [2.45, 2.75) is 44.9 Å². The van der Waals surface area contributed by atoms with Gasteiger partial charge in [0.05, 0.1) is 5.69 Å². The Labute approximate surface area is 138 Å². The van der Waals surface area contributed by atoms with E-state index >= 15 is 0 Å². The fourth-order valence-corrected chi connectivity index (χ4v) is 3.06. The number of carbonyl (C=O) groups excluding carboxylic acids is 4. The van der Waals surface area contributed by atoms with Crippen LogP contribution in [0.2, 0.25) is 0 Å². The van der Waals surface area contributed by atoms with Gasteiger partial charge in [0, 0.05) is 18.4 Å². The third-order valence-corrected chi connectivity index (χ3v) is 4.58. The molecule has 1 aromatic rings. The zero-order valence-corrected chi connectivity index (χ0v) is 13.4. The predicted molar refractivity (Wildman–Crippen MR) is 80.4 cm³/mol. The number of ether oxygens (including phenoxy) is 2. The van der Waals surface area contributed by atoms with E-state index in [1.807, 2.05) is 6.92 Å². The summed E-state index contributed by atoms with van der Waals surface area (Å²) in [5, 5.41) is 2.52. The first-order valence-corrected chi connectivity index (χ1v) is 7.80.